The van der Waals surface area contributed by atoms with E-state index in [0.717, 1.165) is 25.9 Å². The molecule has 0 saturated carbocycles. The molecule has 2 aliphatic heterocycles. The minimum absolute atomic E-state index is 0.0189. The van der Waals surface area contributed by atoms with Crippen LogP contribution in [0.5, 0.6) is 5.75 Å². The first-order valence-electron chi connectivity index (χ1n) is 9.96. The first-order chi connectivity index (χ1) is 14.5. The van der Waals surface area contributed by atoms with E-state index in [-0.39, 0.29) is 18.3 Å². The lowest BCUT2D eigenvalue weighted by molar-refractivity contribution is 0.0792. The number of rotatable bonds is 6. The van der Waals surface area contributed by atoms with Crippen molar-refractivity contribution in [3.05, 3.63) is 59.7 Å². The number of benzene rings is 2. The SMILES string of the molecule is N=C(N)c1ccc(N2CC(COc3cccc(C(=O)N4CCCC4)c3)OC2=O)cc1. The maximum absolute atomic E-state index is 12.5. The van der Waals surface area contributed by atoms with Crippen LogP contribution in [0.4, 0.5) is 10.5 Å². The summed E-state index contributed by atoms with van der Waals surface area (Å²) in [6.07, 6.45) is 1.21. The average Bonchev–Trinajstić information content (AvgIpc) is 3.42. The molecule has 0 radical (unpaired) electrons. The van der Waals surface area contributed by atoms with E-state index in [9.17, 15) is 9.59 Å². The Labute approximate surface area is 174 Å². The lowest BCUT2D eigenvalue weighted by Crippen LogP contribution is -2.28. The van der Waals surface area contributed by atoms with Gasteiger partial charge >= 0.3 is 6.09 Å². The van der Waals surface area contributed by atoms with E-state index in [1.165, 1.54) is 4.90 Å². The second kappa shape index (κ2) is 8.44. The highest BCUT2D eigenvalue weighted by atomic mass is 16.6. The van der Waals surface area contributed by atoms with Crippen molar-refractivity contribution in [3.8, 4) is 5.75 Å². The molecule has 0 bridgehead atoms. The lowest BCUT2D eigenvalue weighted by Gasteiger charge is -2.16. The molecular weight excluding hydrogens is 384 g/mol. The number of nitrogens with two attached hydrogens (primary N) is 1. The average molecular weight is 408 g/mol. The van der Waals surface area contributed by atoms with Gasteiger partial charge in [0.15, 0.2) is 6.10 Å². The summed E-state index contributed by atoms with van der Waals surface area (Å²) in [6.45, 7) is 2.14. The molecule has 2 fully saturated rings. The minimum Gasteiger partial charge on any atom is -0.490 e. The van der Waals surface area contributed by atoms with Gasteiger partial charge in [-0.3, -0.25) is 15.1 Å². The number of anilines is 1. The van der Waals surface area contributed by atoms with Gasteiger partial charge in [0.05, 0.1) is 6.54 Å². The van der Waals surface area contributed by atoms with Crippen LogP contribution < -0.4 is 15.4 Å². The number of nitrogen functional groups attached to an aromatic ring is 1. The van der Waals surface area contributed by atoms with Crippen molar-refractivity contribution in [2.75, 3.05) is 31.1 Å². The van der Waals surface area contributed by atoms with Crippen molar-refractivity contribution in [2.24, 2.45) is 5.73 Å². The van der Waals surface area contributed by atoms with Crippen molar-refractivity contribution < 1.29 is 19.1 Å². The van der Waals surface area contributed by atoms with Crippen LogP contribution in [0.25, 0.3) is 0 Å². The monoisotopic (exact) mass is 408 g/mol. The third-order valence-electron chi connectivity index (χ3n) is 5.27. The van der Waals surface area contributed by atoms with Crippen LogP contribution >= 0.6 is 0 Å². The fourth-order valence-electron chi connectivity index (χ4n) is 3.65. The Bertz CT molecular complexity index is 954. The first kappa shape index (κ1) is 19.8. The number of carbonyl (C=O) groups excluding carboxylic acids is 2. The molecule has 2 saturated heterocycles. The van der Waals surface area contributed by atoms with E-state index in [1.807, 2.05) is 4.90 Å². The van der Waals surface area contributed by atoms with Crippen molar-refractivity contribution in [1.82, 2.24) is 4.90 Å². The molecule has 2 heterocycles. The van der Waals surface area contributed by atoms with Crippen LogP contribution in [0.15, 0.2) is 48.5 Å². The van der Waals surface area contributed by atoms with Gasteiger partial charge in [-0.05, 0) is 55.3 Å². The maximum atomic E-state index is 12.5. The van der Waals surface area contributed by atoms with E-state index in [0.29, 0.717) is 29.1 Å². The number of ether oxygens (including phenoxy) is 2. The Morgan fingerprint density at radius 1 is 1.13 bits per heavy atom. The zero-order valence-corrected chi connectivity index (χ0v) is 16.5. The standard InChI is InChI=1S/C22H24N4O4/c23-20(24)15-6-8-17(9-7-15)26-13-19(30-22(26)28)14-29-18-5-3-4-16(12-18)21(27)25-10-1-2-11-25/h3-9,12,19H,1-2,10-11,13-14H2,(H3,23,24). The molecule has 156 valence electrons. The van der Waals surface area contributed by atoms with Gasteiger partial charge in [-0.25, -0.2) is 4.79 Å². The molecule has 4 rings (SSSR count). The number of carbonyl (C=O) groups is 2. The largest absolute Gasteiger partial charge is 0.490 e. The maximum Gasteiger partial charge on any atom is 0.414 e. The third-order valence-corrected chi connectivity index (χ3v) is 5.27. The Balaban J connectivity index is 1.35. The van der Waals surface area contributed by atoms with E-state index in [4.69, 9.17) is 20.6 Å². The van der Waals surface area contributed by atoms with Crippen LogP contribution in [0.3, 0.4) is 0 Å². The molecule has 2 aromatic rings. The molecular formula is C22H24N4O4. The van der Waals surface area contributed by atoms with Crippen molar-refractivity contribution in [3.63, 3.8) is 0 Å². The van der Waals surface area contributed by atoms with Crippen molar-refractivity contribution in [2.45, 2.75) is 18.9 Å². The molecule has 1 unspecified atom stereocenters. The predicted octanol–water partition coefficient (Wildman–Crippen LogP) is 2.61. The quantitative estimate of drug-likeness (QED) is 0.564. The van der Waals surface area contributed by atoms with E-state index in [2.05, 4.69) is 0 Å². The van der Waals surface area contributed by atoms with E-state index in [1.54, 1.807) is 48.5 Å². The highest BCUT2D eigenvalue weighted by molar-refractivity contribution is 5.96. The van der Waals surface area contributed by atoms with Gasteiger partial charge < -0.3 is 20.1 Å². The number of amides is 2. The number of hydrogen-bond donors (Lipinski definition) is 2. The van der Waals surface area contributed by atoms with E-state index < -0.39 is 12.2 Å². The lowest BCUT2D eigenvalue weighted by atomic mass is 10.2. The van der Waals surface area contributed by atoms with Crippen LogP contribution in [0.1, 0.15) is 28.8 Å². The van der Waals surface area contributed by atoms with Crippen molar-refractivity contribution in [1.29, 1.82) is 5.41 Å². The zero-order valence-electron chi connectivity index (χ0n) is 16.5. The van der Waals surface area contributed by atoms with Crippen molar-refractivity contribution >= 4 is 23.5 Å². The Morgan fingerprint density at radius 3 is 2.57 bits per heavy atom. The molecule has 2 aromatic carbocycles. The smallest absolute Gasteiger partial charge is 0.414 e. The summed E-state index contributed by atoms with van der Waals surface area (Å²) in [5.74, 6) is 0.563. The van der Waals surface area contributed by atoms with Gasteiger partial charge in [0.2, 0.25) is 0 Å². The fourth-order valence-corrected chi connectivity index (χ4v) is 3.65. The summed E-state index contributed by atoms with van der Waals surface area (Å²) in [5, 5.41) is 7.45. The molecule has 2 amide bonds. The summed E-state index contributed by atoms with van der Waals surface area (Å²) in [5.41, 5.74) is 7.33. The molecule has 2 aliphatic rings. The van der Waals surface area contributed by atoms with Gasteiger partial charge in [0.25, 0.3) is 5.91 Å². The van der Waals surface area contributed by atoms with Crippen LogP contribution in [-0.4, -0.2) is 55.1 Å². The van der Waals surface area contributed by atoms with Gasteiger partial charge in [-0.15, -0.1) is 0 Å². The molecule has 8 nitrogen and oxygen atoms in total. The number of cyclic esters (lactones) is 1. The Morgan fingerprint density at radius 2 is 1.87 bits per heavy atom. The Kier molecular flexibility index (Phi) is 5.56. The minimum atomic E-state index is -0.447. The summed E-state index contributed by atoms with van der Waals surface area (Å²) in [7, 11) is 0. The van der Waals surface area contributed by atoms with Gasteiger partial charge in [0.1, 0.15) is 18.2 Å². The molecule has 8 heteroatoms. The number of hydrogen-bond acceptors (Lipinski definition) is 5. The summed E-state index contributed by atoms with van der Waals surface area (Å²) in [6, 6.07) is 13.9. The van der Waals surface area contributed by atoms with E-state index >= 15 is 0 Å². The molecule has 0 aromatic heterocycles. The second-order valence-corrected chi connectivity index (χ2v) is 7.42. The first-order valence-corrected chi connectivity index (χ1v) is 9.96. The van der Waals surface area contributed by atoms with Gasteiger partial charge in [-0.1, -0.05) is 6.07 Å². The molecule has 3 N–H and O–H groups in total. The summed E-state index contributed by atoms with van der Waals surface area (Å²) >= 11 is 0. The zero-order chi connectivity index (χ0) is 21.1. The van der Waals surface area contributed by atoms with Crippen LogP contribution in [-0.2, 0) is 4.74 Å². The van der Waals surface area contributed by atoms with Gasteiger partial charge in [-0.2, -0.15) is 0 Å². The van der Waals surface area contributed by atoms with Crippen LogP contribution in [0.2, 0.25) is 0 Å². The predicted molar refractivity (Wildman–Crippen MR) is 112 cm³/mol. The Hall–Kier alpha value is -3.55. The highest BCUT2D eigenvalue weighted by Gasteiger charge is 2.33. The second-order valence-electron chi connectivity index (χ2n) is 7.42. The topological polar surface area (TPSA) is 109 Å². The molecule has 30 heavy (non-hydrogen) atoms. The number of nitrogens with one attached hydrogen (secondary N) is 1. The molecule has 0 aliphatic carbocycles. The number of amidine groups is 1. The summed E-state index contributed by atoms with van der Waals surface area (Å²) in [4.78, 5) is 28.2. The van der Waals surface area contributed by atoms with Crippen LogP contribution in [0, 0.1) is 5.41 Å². The number of nitrogens with zero attached hydrogens (tertiary/aromatic N) is 2. The summed E-state index contributed by atoms with van der Waals surface area (Å²) < 4.78 is 11.2. The number of likely N-dealkylation sites (tertiary alicyclic amines) is 1. The highest BCUT2D eigenvalue weighted by Crippen LogP contribution is 2.23. The normalized spacial score (nSPS) is 18.4. The molecule has 1 atom stereocenters. The fraction of sp³-hybridized carbons (Fsp3) is 0.318. The third kappa shape index (κ3) is 4.22. The van der Waals surface area contributed by atoms with Gasteiger partial charge in [0, 0.05) is 29.9 Å². The molecule has 0 spiro atoms.